The molecule has 0 amide bonds. The highest BCUT2D eigenvalue weighted by molar-refractivity contribution is 6.04. The van der Waals surface area contributed by atoms with Crippen LogP contribution in [0.3, 0.4) is 0 Å². The minimum absolute atomic E-state index is 0.186. The molecule has 1 fully saturated rings. The van der Waals surface area contributed by atoms with Gasteiger partial charge in [-0.3, -0.25) is 4.98 Å². The quantitative estimate of drug-likeness (QED) is 0.886. The molecular formula is C16H18N2O3. The molecule has 1 aromatic heterocycles. The SMILES string of the molecule is CC1(O)CCCN(c2c(C(=O)O)cnc3ccccc23)C1. The van der Waals surface area contributed by atoms with Crippen molar-refractivity contribution in [3.05, 3.63) is 36.0 Å². The van der Waals surface area contributed by atoms with E-state index in [4.69, 9.17) is 0 Å². The Morgan fingerprint density at radius 3 is 2.86 bits per heavy atom. The van der Waals surface area contributed by atoms with Crippen LogP contribution in [-0.2, 0) is 0 Å². The molecule has 0 saturated carbocycles. The molecule has 0 aliphatic carbocycles. The molecule has 0 spiro atoms. The van der Waals surface area contributed by atoms with Crippen molar-refractivity contribution >= 4 is 22.6 Å². The second kappa shape index (κ2) is 5.00. The standard InChI is InChI=1S/C16H18N2O3/c1-16(21)7-4-8-18(10-16)14-11-5-2-3-6-13(11)17-9-12(14)15(19)20/h2-3,5-6,9,21H,4,7-8,10H2,1H3,(H,19,20). The van der Waals surface area contributed by atoms with Gasteiger partial charge in [0.05, 0.1) is 16.8 Å². The van der Waals surface area contributed by atoms with Crippen molar-refractivity contribution in [1.29, 1.82) is 0 Å². The molecule has 5 nitrogen and oxygen atoms in total. The van der Waals surface area contributed by atoms with E-state index in [-0.39, 0.29) is 5.56 Å². The van der Waals surface area contributed by atoms with Gasteiger partial charge in [-0.05, 0) is 25.8 Å². The van der Waals surface area contributed by atoms with E-state index in [1.54, 1.807) is 6.92 Å². The Bertz CT molecular complexity index is 697. The molecule has 0 radical (unpaired) electrons. The van der Waals surface area contributed by atoms with Crippen molar-refractivity contribution in [1.82, 2.24) is 4.98 Å². The van der Waals surface area contributed by atoms with Crippen molar-refractivity contribution in [2.24, 2.45) is 0 Å². The summed E-state index contributed by atoms with van der Waals surface area (Å²) in [5, 5.41) is 20.6. The molecule has 3 rings (SSSR count). The van der Waals surface area contributed by atoms with E-state index in [2.05, 4.69) is 4.98 Å². The maximum atomic E-state index is 11.5. The van der Waals surface area contributed by atoms with E-state index in [1.165, 1.54) is 6.20 Å². The summed E-state index contributed by atoms with van der Waals surface area (Å²) >= 11 is 0. The fraction of sp³-hybridized carbons (Fsp3) is 0.375. The topological polar surface area (TPSA) is 73.7 Å². The lowest BCUT2D eigenvalue weighted by Crippen LogP contribution is -2.46. The Labute approximate surface area is 122 Å². The number of benzene rings is 1. The molecule has 1 aliphatic rings. The van der Waals surface area contributed by atoms with Crippen molar-refractivity contribution in [2.45, 2.75) is 25.4 Å². The molecule has 1 unspecified atom stereocenters. The predicted molar refractivity (Wildman–Crippen MR) is 80.8 cm³/mol. The summed E-state index contributed by atoms with van der Waals surface area (Å²) in [6.45, 7) is 2.97. The average molecular weight is 286 g/mol. The van der Waals surface area contributed by atoms with Crippen molar-refractivity contribution in [3.8, 4) is 0 Å². The van der Waals surface area contributed by atoms with Gasteiger partial charge in [0.1, 0.15) is 5.56 Å². The van der Waals surface area contributed by atoms with Gasteiger partial charge in [-0.2, -0.15) is 0 Å². The Balaban J connectivity index is 2.18. The summed E-state index contributed by atoms with van der Waals surface area (Å²) in [6.07, 6.45) is 2.97. The zero-order chi connectivity index (χ0) is 15.0. The lowest BCUT2D eigenvalue weighted by atomic mass is 9.93. The summed E-state index contributed by atoms with van der Waals surface area (Å²) in [6, 6.07) is 7.51. The van der Waals surface area contributed by atoms with E-state index in [0.717, 1.165) is 30.3 Å². The van der Waals surface area contributed by atoms with Gasteiger partial charge in [0.2, 0.25) is 0 Å². The van der Waals surface area contributed by atoms with Crippen LogP contribution in [0.2, 0.25) is 0 Å². The first kappa shape index (κ1) is 13.8. The number of anilines is 1. The molecule has 2 N–H and O–H groups in total. The van der Waals surface area contributed by atoms with Crippen LogP contribution in [0.15, 0.2) is 30.5 Å². The van der Waals surface area contributed by atoms with Gasteiger partial charge >= 0.3 is 5.97 Å². The molecule has 1 atom stereocenters. The van der Waals surface area contributed by atoms with Gasteiger partial charge in [-0.25, -0.2) is 4.79 Å². The molecule has 2 aromatic rings. The average Bonchev–Trinajstić information content (AvgIpc) is 2.44. The van der Waals surface area contributed by atoms with Crippen LogP contribution in [0.1, 0.15) is 30.1 Å². The van der Waals surface area contributed by atoms with E-state index in [9.17, 15) is 15.0 Å². The van der Waals surface area contributed by atoms with Gasteiger partial charge in [-0.15, -0.1) is 0 Å². The highest BCUT2D eigenvalue weighted by atomic mass is 16.4. The lowest BCUT2D eigenvalue weighted by molar-refractivity contribution is 0.0447. The number of carboxylic acid groups (broad SMARTS) is 1. The van der Waals surface area contributed by atoms with Gasteiger partial charge in [-0.1, -0.05) is 18.2 Å². The Morgan fingerprint density at radius 2 is 2.14 bits per heavy atom. The summed E-state index contributed by atoms with van der Waals surface area (Å²) < 4.78 is 0. The third-order valence-electron chi connectivity index (χ3n) is 3.97. The summed E-state index contributed by atoms with van der Waals surface area (Å²) in [5.74, 6) is -0.992. The third-order valence-corrected chi connectivity index (χ3v) is 3.97. The van der Waals surface area contributed by atoms with E-state index in [1.807, 2.05) is 29.2 Å². The molecule has 21 heavy (non-hydrogen) atoms. The summed E-state index contributed by atoms with van der Waals surface area (Å²) in [7, 11) is 0. The molecule has 1 aliphatic heterocycles. The first-order valence-electron chi connectivity index (χ1n) is 7.06. The highest BCUT2D eigenvalue weighted by Gasteiger charge is 2.31. The normalized spacial score (nSPS) is 22.5. The monoisotopic (exact) mass is 286 g/mol. The van der Waals surface area contributed by atoms with Crippen LogP contribution in [0.25, 0.3) is 10.9 Å². The fourth-order valence-corrected chi connectivity index (χ4v) is 3.03. The number of para-hydroxylation sites is 1. The minimum Gasteiger partial charge on any atom is -0.478 e. The van der Waals surface area contributed by atoms with Crippen LogP contribution in [0.4, 0.5) is 5.69 Å². The van der Waals surface area contributed by atoms with E-state index < -0.39 is 11.6 Å². The Hall–Kier alpha value is -2.14. The third kappa shape index (κ3) is 2.56. The smallest absolute Gasteiger partial charge is 0.339 e. The van der Waals surface area contributed by atoms with Crippen LogP contribution in [0, 0.1) is 0 Å². The first-order valence-corrected chi connectivity index (χ1v) is 7.06. The number of aromatic nitrogens is 1. The second-order valence-electron chi connectivity index (χ2n) is 5.86. The van der Waals surface area contributed by atoms with Gasteiger partial charge in [0.15, 0.2) is 0 Å². The molecule has 110 valence electrons. The Morgan fingerprint density at radius 1 is 1.38 bits per heavy atom. The molecule has 2 heterocycles. The summed E-state index contributed by atoms with van der Waals surface area (Å²) in [5.41, 5.74) is 0.820. The van der Waals surface area contributed by atoms with E-state index >= 15 is 0 Å². The molecule has 0 bridgehead atoms. The number of aliphatic hydroxyl groups is 1. The largest absolute Gasteiger partial charge is 0.478 e. The molecular weight excluding hydrogens is 268 g/mol. The van der Waals surface area contributed by atoms with Crippen LogP contribution >= 0.6 is 0 Å². The number of hydrogen-bond acceptors (Lipinski definition) is 4. The first-order chi connectivity index (χ1) is 9.98. The predicted octanol–water partition coefficient (Wildman–Crippen LogP) is 2.28. The molecule has 5 heteroatoms. The maximum absolute atomic E-state index is 11.5. The van der Waals surface area contributed by atoms with Crippen molar-refractivity contribution < 1.29 is 15.0 Å². The number of carboxylic acids is 1. The van der Waals surface area contributed by atoms with E-state index in [0.29, 0.717) is 12.2 Å². The number of piperidine rings is 1. The van der Waals surface area contributed by atoms with Crippen LogP contribution in [0.5, 0.6) is 0 Å². The Kier molecular flexibility index (Phi) is 3.29. The number of carbonyl (C=O) groups is 1. The number of hydrogen-bond donors (Lipinski definition) is 2. The second-order valence-corrected chi connectivity index (χ2v) is 5.86. The maximum Gasteiger partial charge on any atom is 0.339 e. The number of pyridine rings is 1. The number of nitrogens with zero attached hydrogens (tertiary/aromatic N) is 2. The lowest BCUT2D eigenvalue weighted by Gasteiger charge is -2.39. The summed E-state index contributed by atoms with van der Waals surface area (Å²) in [4.78, 5) is 17.7. The number of β-amino-alcohol motifs (C(OH)–C–C–N with tert-alkyl or cyclic N) is 1. The van der Waals surface area contributed by atoms with Gasteiger partial charge in [0.25, 0.3) is 0 Å². The van der Waals surface area contributed by atoms with Gasteiger partial charge in [0, 0.05) is 24.7 Å². The van der Waals surface area contributed by atoms with Crippen molar-refractivity contribution in [3.63, 3.8) is 0 Å². The van der Waals surface area contributed by atoms with Crippen LogP contribution < -0.4 is 4.90 Å². The minimum atomic E-state index is -0.992. The van der Waals surface area contributed by atoms with Crippen LogP contribution in [-0.4, -0.2) is 39.9 Å². The fourth-order valence-electron chi connectivity index (χ4n) is 3.03. The van der Waals surface area contributed by atoms with Gasteiger partial charge < -0.3 is 15.1 Å². The van der Waals surface area contributed by atoms with Crippen molar-refractivity contribution in [2.75, 3.05) is 18.0 Å². The zero-order valence-electron chi connectivity index (χ0n) is 11.9. The molecule has 1 aromatic carbocycles. The molecule has 1 saturated heterocycles. The zero-order valence-corrected chi connectivity index (χ0v) is 11.9. The number of rotatable bonds is 2. The number of fused-ring (bicyclic) bond motifs is 1. The highest BCUT2D eigenvalue weighted by Crippen LogP contribution is 2.33. The number of aromatic carboxylic acids is 1.